The summed E-state index contributed by atoms with van der Waals surface area (Å²) < 4.78 is 5.66. The van der Waals surface area contributed by atoms with Gasteiger partial charge in [-0.15, -0.1) is 0 Å². The van der Waals surface area contributed by atoms with E-state index in [2.05, 4.69) is 45.1 Å². The normalized spacial score (nSPS) is 41.8. The van der Waals surface area contributed by atoms with Crippen LogP contribution in [-0.4, -0.2) is 23.8 Å². The second-order valence-corrected chi connectivity index (χ2v) is 13.8. The van der Waals surface area contributed by atoms with Crippen LogP contribution in [0, 0.1) is 52.3 Å². The lowest BCUT2D eigenvalue weighted by Gasteiger charge is -2.61. The molecule has 0 heterocycles. The Labute approximate surface area is 218 Å². The number of urea groups is 1. The van der Waals surface area contributed by atoms with Crippen molar-refractivity contribution in [3.05, 3.63) is 0 Å². The molecule has 0 radical (unpaired) electrons. The number of carbonyl (C=O) groups excluding carboxylic acids is 2. The molecule has 4 aliphatic carbocycles. The van der Waals surface area contributed by atoms with E-state index >= 15 is 0 Å². The van der Waals surface area contributed by atoms with Crippen LogP contribution in [0.4, 0.5) is 4.79 Å². The van der Waals surface area contributed by atoms with Crippen molar-refractivity contribution in [2.45, 2.75) is 118 Å². The number of nitrogens with one attached hydrogen (secondary N) is 1. The number of rotatable bonds is 7. The zero-order chi connectivity index (χ0) is 26.3. The van der Waals surface area contributed by atoms with Crippen LogP contribution >= 0.6 is 0 Å². The Hall–Kier alpha value is -1.59. The van der Waals surface area contributed by atoms with Gasteiger partial charge < -0.3 is 10.5 Å². The quantitative estimate of drug-likeness (QED) is 0.301. The lowest BCUT2D eigenvalue weighted by Crippen LogP contribution is -2.57. The van der Waals surface area contributed by atoms with Crippen LogP contribution in [0.25, 0.3) is 0 Å². The molecule has 0 aromatic rings. The molecule has 204 valence electrons. The van der Waals surface area contributed by atoms with Gasteiger partial charge in [0.1, 0.15) is 6.10 Å². The SMILES string of the molecule is CC(=O)O[C@H]1CC[C@@]2(C)[C@H](C1)C(=NNC(N)=O)C[C@@H]1[C@@H]2CC[C@]2(C)[C@@H]([C@H](C)CCCC(C)C)CC[C@@H]12. The Morgan fingerprint density at radius 2 is 1.75 bits per heavy atom. The number of hydrogen-bond donors (Lipinski definition) is 2. The molecule has 0 bridgehead atoms. The van der Waals surface area contributed by atoms with Gasteiger partial charge in [-0.2, -0.15) is 5.10 Å². The van der Waals surface area contributed by atoms with Crippen molar-refractivity contribution < 1.29 is 14.3 Å². The van der Waals surface area contributed by atoms with Crippen LogP contribution < -0.4 is 11.2 Å². The maximum atomic E-state index is 11.7. The van der Waals surface area contributed by atoms with E-state index in [1.807, 2.05) is 0 Å². The van der Waals surface area contributed by atoms with Gasteiger partial charge in [0.15, 0.2) is 0 Å². The van der Waals surface area contributed by atoms with Gasteiger partial charge in [0.2, 0.25) is 0 Å². The van der Waals surface area contributed by atoms with Crippen LogP contribution in [0.3, 0.4) is 0 Å². The molecule has 6 heteroatoms. The lowest BCUT2D eigenvalue weighted by atomic mass is 9.44. The largest absolute Gasteiger partial charge is 0.463 e. The molecule has 0 aliphatic heterocycles. The zero-order valence-electron chi connectivity index (χ0n) is 23.6. The average molecular weight is 502 g/mol. The first-order valence-corrected chi connectivity index (χ1v) is 14.7. The maximum Gasteiger partial charge on any atom is 0.332 e. The molecule has 0 unspecified atom stereocenters. The van der Waals surface area contributed by atoms with Gasteiger partial charge >= 0.3 is 12.0 Å². The molecule has 4 aliphatic rings. The minimum atomic E-state index is -0.608. The molecule has 0 aromatic carbocycles. The summed E-state index contributed by atoms with van der Waals surface area (Å²) in [6, 6.07) is -0.608. The molecule has 36 heavy (non-hydrogen) atoms. The van der Waals surface area contributed by atoms with E-state index in [0.717, 1.165) is 55.1 Å². The van der Waals surface area contributed by atoms with Crippen molar-refractivity contribution in [1.29, 1.82) is 0 Å². The Morgan fingerprint density at radius 3 is 2.42 bits per heavy atom. The molecule has 0 aromatic heterocycles. The minimum absolute atomic E-state index is 0.0627. The third-order valence-electron chi connectivity index (χ3n) is 11.3. The summed E-state index contributed by atoms with van der Waals surface area (Å²) in [4.78, 5) is 23.3. The highest BCUT2D eigenvalue weighted by Gasteiger charge is 2.62. The first kappa shape index (κ1) is 27.4. The van der Waals surface area contributed by atoms with Gasteiger partial charge in [0.25, 0.3) is 0 Å². The van der Waals surface area contributed by atoms with E-state index in [1.54, 1.807) is 0 Å². The number of nitrogens with two attached hydrogens (primary N) is 1. The maximum absolute atomic E-state index is 11.7. The van der Waals surface area contributed by atoms with Crippen molar-refractivity contribution in [3.8, 4) is 0 Å². The number of nitrogens with zero attached hydrogens (tertiary/aromatic N) is 1. The third kappa shape index (κ3) is 5.20. The van der Waals surface area contributed by atoms with Crippen LogP contribution in [0.1, 0.15) is 112 Å². The summed E-state index contributed by atoms with van der Waals surface area (Å²) in [6.45, 7) is 13.7. The second kappa shape index (κ2) is 10.6. The van der Waals surface area contributed by atoms with E-state index in [4.69, 9.17) is 10.5 Å². The monoisotopic (exact) mass is 501 g/mol. The van der Waals surface area contributed by atoms with E-state index in [-0.39, 0.29) is 23.4 Å². The average Bonchev–Trinajstić information content (AvgIpc) is 3.14. The fourth-order valence-corrected chi connectivity index (χ4v) is 9.65. The molecule has 3 N–H and O–H groups in total. The summed E-state index contributed by atoms with van der Waals surface area (Å²) in [6.07, 6.45) is 13.0. The van der Waals surface area contributed by atoms with E-state index in [9.17, 15) is 9.59 Å². The molecule has 4 fully saturated rings. The molecule has 6 nitrogen and oxygen atoms in total. The molecule has 0 saturated heterocycles. The fourth-order valence-electron chi connectivity index (χ4n) is 9.65. The highest BCUT2D eigenvalue weighted by molar-refractivity contribution is 5.90. The Balaban J connectivity index is 1.57. The number of esters is 1. The van der Waals surface area contributed by atoms with E-state index in [1.165, 1.54) is 51.9 Å². The molecule has 2 amide bonds. The number of amides is 2. The van der Waals surface area contributed by atoms with E-state index in [0.29, 0.717) is 17.3 Å². The van der Waals surface area contributed by atoms with Crippen molar-refractivity contribution in [2.24, 2.45) is 63.1 Å². The molecular formula is C30H51N3O3. The summed E-state index contributed by atoms with van der Waals surface area (Å²) in [5.74, 6) is 4.39. The lowest BCUT2D eigenvalue weighted by molar-refractivity contribution is -0.153. The highest BCUT2D eigenvalue weighted by Crippen LogP contribution is 2.68. The number of ether oxygens (including phenoxy) is 1. The Bertz CT molecular complexity index is 856. The van der Waals surface area contributed by atoms with Crippen LogP contribution in [0.5, 0.6) is 0 Å². The van der Waals surface area contributed by atoms with Crippen LogP contribution in [0.15, 0.2) is 5.10 Å². The number of primary amides is 1. The van der Waals surface area contributed by atoms with E-state index < -0.39 is 6.03 Å². The van der Waals surface area contributed by atoms with Gasteiger partial charge in [-0.3, -0.25) is 4.79 Å². The first-order chi connectivity index (χ1) is 17.0. The Morgan fingerprint density at radius 1 is 1.06 bits per heavy atom. The van der Waals surface area contributed by atoms with Crippen molar-refractivity contribution in [2.75, 3.05) is 0 Å². The van der Waals surface area contributed by atoms with Gasteiger partial charge in [-0.05, 0) is 97.7 Å². The number of hydrogen-bond acceptors (Lipinski definition) is 4. The number of fused-ring (bicyclic) bond motifs is 5. The predicted octanol–water partition coefficient (Wildman–Crippen LogP) is 6.67. The summed E-state index contributed by atoms with van der Waals surface area (Å²) >= 11 is 0. The summed E-state index contributed by atoms with van der Waals surface area (Å²) in [5, 5.41) is 4.62. The van der Waals surface area contributed by atoms with Gasteiger partial charge in [-0.25, -0.2) is 10.2 Å². The third-order valence-corrected chi connectivity index (χ3v) is 11.3. The van der Waals surface area contributed by atoms with Crippen LogP contribution in [-0.2, 0) is 9.53 Å². The highest BCUT2D eigenvalue weighted by atomic mass is 16.5. The molecule has 4 saturated carbocycles. The topological polar surface area (TPSA) is 93.8 Å². The summed E-state index contributed by atoms with van der Waals surface area (Å²) in [5.41, 5.74) is 9.59. The van der Waals surface area contributed by atoms with Crippen molar-refractivity contribution in [1.82, 2.24) is 5.43 Å². The van der Waals surface area contributed by atoms with Crippen LogP contribution in [0.2, 0.25) is 0 Å². The first-order valence-electron chi connectivity index (χ1n) is 14.7. The molecular weight excluding hydrogens is 450 g/mol. The van der Waals surface area contributed by atoms with Gasteiger partial charge in [-0.1, -0.05) is 53.9 Å². The Kier molecular flexibility index (Phi) is 8.12. The van der Waals surface area contributed by atoms with Gasteiger partial charge in [0, 0.05) is 18.6 Å². The fraction of sp³-hybridized carbons (Fsp3) is 0.900. The molecule has 0 spiro atoms. The minimum Gasteiger partial charge on any atom is -0.463 e. The molecule has 9 atom stereocenters. The van der Waals surface area contributed by atoms with Crippen molar-refractivity contribution >= 4 is 17.7 Å². The van der Waals surface area contributed by atoms with Gasteiger partial charge in [0.05, 0.1) is 0 Å². The number of carbonyl (C=O) groups is 2. The zero-order valence-corrected chi connectivity index (χ0v) is 23.6. The second-order valence-electron chi connectivity index (χ2n) is 13.8. The van der Waals surface area contributed by atoms with Crippen molar-refractivity contribution in [3.63, 3.8) is 0 Å². The standard InChI is InChI=1S/C30H51N3O3/c1-18(2)8-7-9-19(3)23-10-11-24-22-17-27(32-33-28(31)35)26-16-21(36-20(4)34)12-14-30(26,6)25(22)13-15-29(23,24)5/h18-19,21-26H,7-17H2,1-6H3,(H3,31,33,35)/t19-,21+,22+,23-,24+,25+,26-,29-,30-/m1/s1. The summed E-state index contributed by atoms with van der Waals surface area (Å²) in [7, 11) is 0. The smallest absolute Gasteiger partial charge is 0.332 e. The molecule has 4 rings (SSSR count). The predicted molar refractivity (Wildman–Crippen MR) is 144 cm³/mol. The number of hydrazone groups is 1.